The number of fused-ring (bicyclic) bond motifs is 3. The summed E-state index contributed by atoms with van der Waals surface area (Å²) in [5.74, 6) is -2.81. The van der Waals surface area contributed by atoms with Gasteiger partial charge in [0.1, 0.15) is 29.2 Å². The van der Waals surface area contributed by atoms with Gasteiger partial charge in [-0.15, -0.1) is 0 Å². The van der Waals surface area contributed by atoms with Crippen LogP contribution in [0.15, 0.2) is 78.0 Å². The van der Waals surface area contributed by atoms with Crippen LogP contribution in [0, 0.1) is 0 Å². The highest BCUT2D eigenvalue weighted by Crippen LogP contribution is 2.35. The van der Waals surface area contributed by atoms with Crippen LogP contribution in [0.4, 0.5) is 11.5 Å². The number of carbonyl (C=O) groups excluding carboxylic acids is 5. The van der Waals surface area contributed by atoms with Gasteiger partial charge in [0.2, 0.25) is 0 Å². The zero-order chi connectivity index (χ0) is 30.7. The predicted octanol–water partition coefficient (Wildman–Crippen LogP) is 2.41. The second-order valence-electron chi connectivity index (χ2n) is 10.4. The highest BCUT2D eigenvalue weighted by atomic mass is 35.5. The van der Waals surface area contributed by atoms with Crippen molar-refractivity contribution in [3.05, 3.63) is 117 Å². The predicted molar refractivity (Wildman–Crippen MR) is 155 cm³/mol. The minimum absolute atomic E-state index is 0.0542. The second-order valence-corrected chi connectivity index (χ2v) is 10.8. The van der Waals surface area contributed by atoms with Crippen molar-refractivity contribution in [2.45, 2.75) is 12.1 Å². The molecule has 0 saturated carbocycles. The topological polar surface area (TPSA) is 164 Å². The van der Waals surface area contributed by atoms with Gasteiger partial charge in [-0.3, -0.25) is 43.1 Å². The van der Waals surface area contributed by atoms with Crippen molar-refractivity contribution >= 4 is 52.6 Å². The smallest absolute Gasteiger partial charge is 0.276 e. The summed E-state index contributed by atoms with van der Waals surface area (Å²) in [6.07, 6.45) is 2.49. The van der Waals surface area contributed by atoms with Crippen molar-refractivity contribution in [2.24, 2.45) is 0 Å². The van der Waals surface area contributed by atoms with Gasteiger partial charge in [0.05, 0.1) is 33.8 Å². The van der Waals surface area contributed by atoms with E-state index in [9.17, 15) is 28.8 Å². The lowest BCUT2D eigenvalue weighted by Gasteiger charge is -2.35. The van der Waals surface area contributed by atoms with Crippen LogP contribution < -0.4 is 16.2 Å². The van der Waals surface area contributed by atoms with E-state index in [1.807, 2.05) is 0 Å². The van der Waals surface area contributed by atoms with Gasteiger partial charge in [0, 0.05) is 19.2 Å². The number of hydrogen-bond acceptors (Lipinski definition) is 9. The summed E-state index contributed by atoms with van der Waals surface area (Å²) in [6.45, 7) is -0.753. The number of rotatable bonds is 7. The van der Waals surface area contributed by atoms with Gasteiger partial charge in [-0.2, -0.15) is 0 Å². The maximum Gasteiger partial charge on any atom is 0.276 e. The molecule has 5 heterocycles. The number of nitrogens with zero attached hydrogens (tertiary/aromatic N) is 5. The van der Waals surface area contributed by atoms with E-state index < -0.39 is 47.3 Å². The van der Waals surface area contributed by atoms with Crippen LogP contribution in [0.2, 0.25) is 5.02 Å². The Morgan fingerprint density at radius 1 is 0.795 bits per heavy atom. The molecule has 0 bridgehead atoms. The van der Waals surface area contributed by atoms with E-state index in [4.69, 9.17) is 11.6 Å². The summed E-state index contributed by atoms with van der Waals surface area (Å²) in [4.78, 5) is 90.7. The Morgan fingerprint density at radius 3 is 1.91 bits per heavy atom. The Labute approximate surface area is 253 Å². The van der Waals surface area contributed by atoms with E-state index in [2.05, 4.69) is 20.6 Å². The Kier molecular flexibility index (Phi) is 6.14. The van der Waals surface area contributed by atoms with Crippen molar-refractivity contribution in [1.82, 2.24) is 29.7 Å². The average molecular weight is 610 g/mol. The van der Waals surface area contributed by atoms with Crippen LogP contribution in [-0.4, -0.2) is 67.0 Å². The number of imide groups is 2. The fourth-order valence-electron chi connectivity index (χ4n) is 5.87. The van der Waals surface area contributed by atoms with Crippen LogP contribution in [-0.2, 0) is 5.66 Å². The van der Waals surface area contributed by atoms with Crippen LogP contribution in [0.5, 0.6) is 0 Å². The first-order chi connectivity index (χ1) is 21.2. The third-order valence-electron chi connectivity index (χ3n) is 7.91. The zero-order valence-electron chi connectivity index (χ0n) is 22.6. The lowest BCUT2D eigenvalue weighted by atomic mass is 10.0. The minimum Gasteiger partial charge on any atom is -0.336 e. The van der Waals surface area contributed by atoms with Gasteiger partial charge >= 0.3 is 0 Å². The number of pyridine rings is 1. The molecule has 0 spiro atoms. The first kappa shape index (κ1) is 27.2. The second kappa shape index (κ2) is 9.95. The molecular weight excluding hydrogens is 590 g/mol. The molecule has 218 valence electrons. The molecule has 5 amide bonds. The van der Waals surface area contributed by atoms with Gasteiger partial charge in [-0.05, 0) is 36.4 Å². The number of halogens is 1. The summed E-state index contributed by atoms with van der Waals surface area (Å²) < 4.78 is 1.09. The molecule has 3 aliphatic rings. The van der Waals surface area contributed by atoms with Crippen LogP contribution >= 0.6 is 11.6 Å². The van der Waals surface area contributed by atoms with Crippen molar-refractivity contribution in [1.29, 1.82) is 0 Å². The van der Waals surface area contributed by atoms with Crippen molar-refractivity contribution < 1.29 is 24.0 Å². The van der Waals surface area contributed by atoms with Crippen LogP contribution in [0.25, 0.3) is 0 Å². The summed E-state index contributed by atoms with van der Waals surface area (Å²) >= 11 is 6.56. The molecule has 2 aromatic carbocycles. The van der Waals surface area contributed by atoms with Crippen molar-refractivity contribution in [3.63, 3.8) is 0 Å². The summed E-state index contributed by atoms with van der Waals surface area (Å²) in [7, 11) is 0. The maximum atomic E-state index is 14.1. The van der Waals surface area contributed by atoms with Crippen LogP contribution in [0.1, 0.15) is 58.3 Å². The molecule has 44 heavy (non-hydrogen) atoms. The van der Waals surface area contributed by atoms with Crippen molar-refractivity contribution in [3.8, 4) is 0 Å². The fourth-order valence-corrected chi connectivity index (χ4v) is 6.15. The molecule has 13 nitrogen and oxygen atoms in total. The molecule has 14 heteroatoms. The molecule has 0 fully saturated rings. The third kappa shape index (κ3) is 4.01. The Hall–Kier alpha value is -5.69. The van der Waals surface area contributed by atoms with E-state index >= 15 is 0 Å². The van der Waals surface area contributed by atoms with E-state index in [0.717, 1.165) is 14.4 Å². The Bertz CT molecular complexity index is 1940. The van der Waals surface area contributed by atoms with Gasteiger partial charge in [-0.25, -0.2) is 9.97 Å². The highest BCUT2D eigenvalue weighted by Gasteiger charge is 2.51. The number of amides is 5. The zero-order valence-corrected chi connectivity index (χ0v) is 23.4. The Balaban J connectivity index is 1.33. The van der Waals surface area contributed by atoms with Gasteiger partial charge in [-0.1, -0.05) is 35.9 Å². The van der Waals surface area contributed by atoms with E-state index in [1.165, 1.54) is 48.9 Å². The Morgan fingerprint density at radius 2 is 1.36 bits per heavy atom. The van der Waals surface area contributed by atoms with E-state index in [-0.39, 0.29) is 57.4 Å². The highest BCUT2D eigenvalue weighted by molar-refractivity contribution is 6.34. The average Bonchev–Trinajstić information content (AvgIpc) is 3.56. The summed E-state index contributed by atoms with van der Waals surface area (Å²) in [5.41, 5.74) is -1.99. The molecule has 3 aliphatic heterocycles. The van der Waals surface area contributed by atoms with Gasteiger partial charge in [0.15, 0.2) is 0 Å². The molecule has 1 unspecified atom stereocenters. The molecular formula is C30H20ClN7O6. The SMILES string of the molecule is O=C1NC(CCN2C(=O)c3ccccc3C2=O)(CN2C(=O)c3ccccc3C2=O)n2c1c(Cl)cc(Nc1ccncn1)c2=O. The first-order valence-corrected chi connectivity index (χ1v) is 13.8. The third-order valence-corrected chi connectivity index (χ3v) is 8.20. The maximum absolute atomic E-state index is 14.1. The lowest BCUT2D eigenvalue weighted by molar-refractivity contribution is 0.0481. The van der Waals surface area contributed by atoms with Gasteiger partial charge in [0.25, 0.3) is 35.1 Å². The monoisotopic (exact) mass is 609 g/mol. The molecule has 0 saturated heterocycles. The lowest BCUT2D eigenvalue weighted by Crippen LogP contribution is -2.57. The number of carbonyl (C=O) groups is 5. The first-order valence-electron chi connectivity index (χ1n) is 13.4. The fraction of sp³-hybridized carbons (Fsp3) is 0.133. The van der Waals surface area contributed by atoms with E-state index in [0.29, 0.717) is 0 Å². The number of benzene rings is 2. The summed E-state index contributed by atoms with van der Waals surface area (Å²) in [6, 6.07) is 15.4. The normalized spacial score (nSPS) is 18.4. The standard InChI is InChI=1S/C30H20ClN7O6/c31-20-13-21(34-22-9-11-32-15-33-22)29(44)38-23(20)24(39)35-30(38,14-37-27(42)18-7-3-4-8-19(18)28(37)43)10-12-36-25(40)16-5-1-2-6-17(16)26(36)41/h1-9,11,13,15H,10,12,14H2,(H,35,39)(H,32,33,34). The molecule has 2 N–H and O–H groups in total. The molecule has 0 aliphatic carbocycles. The number of aromatic nitrogens is 3. The molecule has 4 aromatic rings. The molecule has 7 rings (SSSR count). The minimum atomic E-state index is -1.79. The van der Waals surface area contributed by atoms with Gasteiger partial charge < -0.3 is 10.6 Å². The number of hydrogen-bond donors (Lipinski definition) is 2. The number of anilines is 2. The number of nitrogens with one attached hydrogen (secondary N) is 2. The van der Waals surface area contributed by atoms with E-state index in [1.54, 1.807) is 24.3 Å². The molecule has 2 aromatic heterocycles. The largest absolute Gasteiger partial charge is 0.336 e. The van der Waals surface area contributed by atoms with Crippen LogP contribution in [0.3, 0.4) is 0 Å². The molecule has 1 atom stereocenters. The summed E-state index contributed by atoms with van der Waals surface area (Å²) in [5, 5.41) is 5.54. The molecule has 0 radical (unpaired) electrons. The quantitative estimate of drug-likeness (QED) is 0.299. The van der Waals surface area contributed by atoms with Crippen molar-refractivity contribution in [2.75, 3.05) is 18.4 Å².